The number of hydrogen-bond acceptors (Lipinski definition) is 5. The van der Waals surface area contributed by atoms with Gasteiger partial charge in [0.05, 0.1) is 11.9 Å². The van der Waals surface area contributed by atoms with Crippen molar-refractivity contribution in [3.05, 3.63) is 87.9 Å². The van der Waals surface area contributed by atoms with Gasteiger partial charge in [-0.1, -0.05) is 42.5 Å². The Kier molecular flexibility index (Phi) is 5.35. The van der Waals surface area contributed by atoms with E-state index in [0.29, 0.717) is 17.3 Å². The number of H-pyrrole nitrogens is 1. The van der Waals surface area contributed by atoms with Crippen molar-refractivity contribution < 1.29 is 4.74 Å². The molecule has 29 heavy (non-hydrogen) atoms. The van der Waals surface area contributed by atoms with Gasteiger partial charge < -0.3 is 4.74 Å². The molecule has 146 valence electrons. The number of hydrogen-bond donors (Lipinski definition) is 1. The topological polar surface area (TPSA) is 73.0 Å². The average molecular weight is 404 g/mol. The number of benzene rings is 2. The highest BCUT2D eigenvalue weighted by atomic mass is 32.1. The molecule has 7 nitrogen and oxygen atoms in total. The van der Waals surface area contributed by atoms with Gasteiger partial charge in [-0.05, 0) is 49.8 Å². The highest BCUT2D eigenvalue weighted by molar-refractivity contribution is 7.71. The van der Waals surface area contributed by atoms with Crippen molar-refractivity contribution in [1.29, 1.82) is 0 Å². The maximum absolute atomic E-state index is 5.99. The first-order chi connectivity index (χ1) is 14.1. The highest BCUT2D eigenvalue weighted by Gasteiger charge is 2.12. The summed E-state index contributed by atoms with van der Waals surface area (Å²) in [6, 6.07) is 19.7. The smallest absolute Gasteiger partial charge is 0.271 e. The zero-order valence-electron chi connectivity index (χ0n) is 16.1. The zero-order valence-corrected chi connectivity index (χ0v) is 16.9. The first-order valence-electron chi connectivity index (χ1n) is 9.13. The average Bonchev–Trinajstić information content (AvgIpc) is 3.26. The lowest BCUT2D eigenvalue weighted by Crippen LogP contribution is -2.07. The Bertz CT molecular complexity index is 1210. The lowest BCUT2D eigenvalue weighted by Gasteiger charge is -2.09. The number of para-hydroxylation sites is 1. The Morgan fingerprint density at radius 1 is 1.10 bits per heavy atom. The van der Waals surface area contributed by atoms with E-state index in [-0.39, 0.29) is 0 Å². The SMILES string of the molecule is Cc1cc(C)n(-c2n[nH]c(=S)n2/N=C\c2ccccc2OCc2ccccc2)n1. The van der Waals surface area contributed by atoms with Crippen LogP contribution in [-0.2, 0) is 6.61 Å². The number of rotatable bonds is 6. The molecule has 0 radical (unpaired) electrons. The number of nitrogens with one attached hydrogen (secondary N) is 1. The van der Waals surface area contributed by atoms with Crippen LogP contribution >= 0.6 is 12.2 Å². The molecule has 0 aliphatic heterocycles. The van der Waals surface area contributed by atoms with Crippen molar-refractivity contribution in [2.45, 2.75) is 20.5 Å². The Labute approximate surface area is 173 Å². The van der Waals surface area contributed by atoms with Crippen molar-refractivity contribution in [2.75, 3.05) is 0 Å². The largest absolute Gasteiger partial charge is 0.488 e. The summed E-state index contributed by atoms with van der Waals surface area (Å²) in [7, 11) is 0. The fourth-order valence-electron chi connectivity index (χ4n) is 2.93. The highest BCUT2D eigenvalue weighted by Crippen LogP contribution is 2.18. The van der Waals surface area contributed by atoms with Gasteiger partial charge in [-0.25, -0.2) is 9.78 Å². The van der Waals surface area contributed by atoms with Gasteiger partial charge in [0.15, 0.2) is 0 Å². The quantitative estimate of drug-likeness (QED) is 0.386. The van der Waals surface area contributed by atoms with Gasteiger partial charge in [-0.3, -0.25) is 0 Å². The van der Waals surface area contributed by atoms with Crippen LogP contribution in [0.4, 0.5) is 0 Å². The fraction of sp³-hybridized carbons (Fsp3) is 0.143. The Hall–Kier alpha value is -3.52. The van der Waals surface area contributed by atoms with Crippen molar-refractivity contribution in [1.82, 2.24) is 24.7 Å². The summed E-state index contributed by atoms with van der Waals surface area (Å²) in [5.41, 5.74) is 3.78. The van der Waals surface area contributed by atoms with Crippen LogP contribution in [0.1, 0.15) is 22.5 Å². The first kappa shape index (κ1) is 18.8. The van der Waals surface area contributed by atoms with E-state index in [0.717, 1.165) is 28.3 Å². The molecule has 2 aromatic heterocycles. The van der Waals surface area contributed by atoms with Gasteiger partial charge in [-0.15, -0.1) is 5.10 Å². The molecule has 8 heteroatoms. The van der Waals surface area contributed by atoms with Crippen LogP contribution in [0.3, 0.4) is 0 Å². The van der Waals surface area contributed by atoms with E-state index in [1.165, 1.54) is 0 Å². The lowest BCUT2D eigenvalue weighted by molar-refractivity contribution is 0.306. The molecule has 0 aliphatic rings. The molecule has 1 N–H and O–H groups in total. The molecule has 0 amide bonds. The number of aryl methyl sites for hydroxylation is 2. The molecule has 0 atom stereocenters. The number of aromatic nitrogens is 5. The summed E-state index contributed by atoms with van der Waals surface area (Å²) in [6.45, 7) is 4.37. The molecule has 0 spiro atoms. The second-order valence-corrected chi connectivity index (χ2v) is 6.92. The predicted molar refractivity (Wildman–Crippen MR) is 114 cm³/mol. The summed E-state index contributed by atoms with van der Waals surface area (Å²) < 4.78 is 9.62. The van der Waals surface area contributed by atoms with Crippen LogP contribution in [0.15, 0.2) is 65.8 Å². The Morgan fingerprint density at radius 2 is 1.86 bits per heavy atom. The fourth-order valence-corrected chi connectivity index (χ4v) is 3.10. The molecule has 4 rings (SSSR count). The second-order valence-electron chi connectivity index (χ2n) is 6.54. The van der Waals surface area contributed by atoms with Gasteiger partial charge in [-0.2, -0.15) is 14.9 Å². The lowest BCUT2D eigenvalue weighted by atomic mass is 10.2. The number of nitrogens with zero attached hydrogens (tertiary/aromatic N) is 5. The van der Waals surface area contributed by atoms with Crippen molar-refractivity contribution in [3.8, 4) is 11.7 Å². The van der Waals surface area contributed by atoms with Crippen molar-refractivity contribution in [3.63, 3.8) is 0 Å². The Balaban J connectivity index is 1.62. The zero-order chi connectivity index (χ0) is 20.2. The molecular weight excluding hydrogens is 384 g/mol. The summed E-state index contributed by atoms with van der Waals surface area (Å²) in [6.07, 6.45) is 1.71. The van der Waals surface area contributed by atoms with E-state index in [1.807, 2.05) is 74.5 Å². The van der Waals surface area contributed by atoms with Gasteiger partial charge in [0.25, 0.3) is 5.95 Å². The third kappa shape index (κ3) is 4.17. The third-order valence-electron chi connectivity index (χ3n) is 4.30. The monoisotopic (exact) mass is 404 g/mol. The maximum Gasteiger partial charge on any atom is 0.271 e. The van der Waals surface area contributed by atoms with Gasteiger partial charge in [0.1, 0.15) is 12.4 Å². The van der Waals surface area contributed by atoms with Crippen LogP contribution in [0.5, 0.6) is 5.75 Å². The molecule has 2 aromatic carbocycles. The molecule has 0 aliphatic carbocycles. The van der Waals surface area contributed by atoms with Crippen LogP contribution in [0, 0.1) is 18.6 Å². The summed E-state index contributed by atoms with van der Waals surface area (Å²) in [5.74, 6) is 1.24. The minimum atomic E-state index is 0.381. The van der Waals surface area contributed by atoms with E-state index in [9.17, 15) is 0 Å². The van der Waals surface area contributed by atoms with Gasteiger partial charge >= 0.3 is 0 Å². The van der Waals surface area contributed by atoms with E-state index < -0.39 is 0 Å². The molecule has 2 heterocycles. The molecule has 0 bridgehead atoms. The summed E-state index contributed by atoms with van der Waals surface area (Å²) >= 11 is 5.35. The molecule has 0 saturated heterocycles. The summed E-state index contributed by atoms with van der Waals surface area (Å²) in [5, 5.41) is 16.0. The molecule has 0 saturated carbocycles. The number of ether oxygens (including phenoxy) is 1. The van der Waals surface area contributed by atoms with Gasteiger partial charge in [0.2, 0.25) is 4.77 Å². The molecule has 0 fully saturated rings. The van der Waals surface area contributed by atoms with E-state index >= 15 is 0 Å². The van der Waals surface area contributed by atoms with E-state index in [1.54, 1.807) is 15.6 Å². The maximum atomic E-state index is 5.99. The van der Waals surface area contributed by atoms with Gasteiger partial charge in [0, 0.05) is 11.3 Å². The molecular formula is C21H20N6OS. The third-order valence-corrected chi connectivity index (χ3v) is 4.57. The minimum absolute atomic E-state index is 0.381. The number of aromatic amines is 1. The second kappa shape index (κ2) is 8.24. The van der Waals surface area contributed by atoms with Crippen molar-refractivity contribution >= 4 is 18.4 Å². The van der Waals surface area contributed by atoms with E-state index in [4.69, 9.17) is 17.0 Å². The van der Waals surface area contributed by atoms with E-state index in [2.05, 4.69) is 20.4 Å². The predicted octanol–water partition coefficient (Wildman–Crippen LogP) is 4.20. The van der Waals surface area contributed by atoms with Crippen LogP contribution in [0.2, 0.25) is 0 Å². The summed E-state index contributed by atoms with van der Waals surface area (Å²) in [4.78, 5) is 0. The van der Waals surface area contributed by atoms with Crippen LogP contribution < -0.4 is 4.74 Å². The Morgan fingerprint density at radius 3 is 2.62 bits per heavy atom. The molecule has 4 aromatic rings. The standard InChI is InChI=1S/C21H20N6OS/c1-15-12-16(2)26(25-15)20-23-24-21(29)27(20)22-13-18-10-6-7-11-19(18)28-14-17-8-4-3-5-9-17/h3-13H,14H2,1-2H3,(H,24,29)/b22-13-. The minimum Gasteiger partial charge on any atom is -0.488 e. The van der Waals surface area contributed by atoms with Crippen LogP contribution in [-0.4, -0.2) is 30.9 Å². The normalized spacial score (nSPS) is 11.2. The molecule has 0 unspecified atom stereocenters. The van der Waals surface area contributed by atoms with Crippen LogP contribution in [0.25, 0.3) is 5.95 Å². The van der Waals surface area contributed by atoms with Crippen molar-refractivity contribution in [2.24, 2.45) is 5.10 Å². The first-order valence-corrected chi connectivity index (χ1v) is 9.54.